The predicted molar refractivity (Wildman–Crippen MR) is 93.7 cm³/mol. The van der Waals surface area contributed by atoms with Crippen molar-refractivity contribution in [2.45, 2.75) is 25.0 Å². The Kier molecular flexibility index (Phi) is 3.06. The van der Waals surface area contributed by atoms with E-state index in [1.54, 1.807) is 6.07 Å². The number of nitriles is 1. The van der Waals surface area contributed by atoms with E-state index in [0.29, 0.717) is 5.56 Å². The summed E-state index contributed by atoms with van der Waals surface area (Å²) < 4.78 is 2.20. The van der Waals surface area contributed by atoms with Crippen molar-refractivity contribution in [3.63, 3.8) is 0 Å². The number of aliphatic hydroxyl groups is 1. The molecule has 2 aliphatic rings. The number of fused-ring (bicyclic) bond motifs is 4. The summed E-state index contributed by atoms with van der Waals surface area (Å²) in [6.07, 6.45) is 5.01. The van der Waals surface area contributed by atoms with Crippen LogP contribution in [0.2, 0.25) is 0 Å². The molecule has 3 unspecified atom stereocenters. The summed E-state index contributed by atoms with van der Waals surface area (Å²) in [4.78, 5) is 4.33. The number of rotatable bonds is 1. The Morgan fingerprint density at radius 2 is 2.04 bits per heavy atom. The lowest BCUT2D eigenvalue weighted by Gasteiger charge is -2.35. The fourth-order valence-electron chi connectivity index (χ4n) is 4.53. The summed E-state index contributed by atoms with van der Waals surface area (Å²) in [7, 11) is 0. The van der Waals surface area contributed by atoms with Crippen LogP contribution in [0.25, 0.3) is 11.3 Å². The van der Waals surface area contributed by atoms with Crippen molar-refractivity contribution in [1.82, 2.24) is 9.55 Å². The van der Waals surface area contributed by atoms with Gasteiger partial charge in [0.05, 0.1) is 42.0 Å². The molecule has 1 aliphatic heterocycles. The van der Waals surface area contributed by atoms with Gasteiger partial charge in [0.2, 0.25) is 0 Å². The summed E-state index contributed by atoms with van der Waals surface area (Å²) in [5, 5.41) is 20.2. The minimum atomic E-state index is -0.539. The summed E-state index contributed by atoms with van der Waals surface area (Å²) in [5.41, 5.74) is 6.32. The van der Waals surface area contributed by atoms with Crippen molar-refractivity contribution in [3.05, 3.63) is 77.2 Å². The van der Waals surface area contributed by atoms with Gasteiger partial charge in [0.1, 0.15) is 0 Å². The van der Waals surface area contributed by atoms with Gasteiger partial charge in [-0.25, -0.2) is 4.98 Å². The molecule has 1 aliphatic carbocycles. The lowest BCUT2D eigenvalue weighted by Crippen LogP contribution is -2.28. The third-order valence-electron chi connectivity index (χ3n) is 5.67. The van der Waals surface area contributed by atoms with E-state index in [1.165, 1.54) is 11.1 Å². The second-order valence-electron chi connectivity index (χ2n) is 6.89. The molecule has 3 atom stereocenters. The third kappa shape index (κ3) is 2.00. The SMILES string of the molecule is N#Cc1ccc2c(c1)CCC(C1c3ccccc3-c3cncn31)C2O. The molecule has 3 aromatic rings. The highest BCUT2D eigenvalue weighted by Gasteiger charge is 2.40. The molecule has 122 valence electrons. The quantitative estimate of drug-likeness (QED) is 0.742. The zero-order chi connectivity index (χ0) is 17.0. The van der Waals surface area contributed by atoms with E-state index in [-0.39, 0.29) is 12.0 Å². The van der Waals surface area contributed by atoms with Crippen LogP contribution in [0.5, 0.6) is 0 Å². The maximum Gasteiger partial charge on any atom is 0.0991 e. The smallest absolute Gasteiger partial charge is 0.0991 e. The Morgan fingerprint density at radius 1 is 1.16 bits per heavy atom. The molecule has 25 heavy (non-hydrogen) atoms. The number of aromatic nitrogens is 2. The first-order valence-corrected chi connectivity index (χ1v) is 8.60. The summed E-state index contributed by atoms with van der Waals surface area (Å²) >= 11 is 0. The molecule has 0 saturated carbocycles. The fourth-order valence-corrected chi connectivity index (χ4v) is 4.53. The van der Waals surface area contributed by atoms with Gasteiger partial charge in [0.25, 0.3) is 0 Å². The van der Waals surface area contributed by atoms with Crippen molar-refractivity contribution < 1.29 is 5.11 Å². The van der Waals surface area contributed by atoms with Crippen LogP contribution >= 0.6 is 0 Å². The number of nitrogens with zero attached hydrogens (tertiary/aromatic N) is 3. The first-order chi connectivity index (χ1) is 12.3. The number of benzene rings is 2. The van der Waals surface area contributed by atoms with Crippen LogP contribution < -0.4 is 0 Å². The number of hydrogen-bond acceptors (Lipinski definition) is 3. The van der Waals surface area contributed by atoms with E-state index in [1.807, 2.05) is 24.7 Å². The highest BCUT2D eigenvalue weighted by atomic mass is 16.3. The maximum absolute atomic E-state index is 11.1. The molecule has 0 spiro atoms. The Hall–Kier alpha value is -2.90. The molecule has 4 heteroatoms. The van der Waals surface area contributed by atoms with E-state index in [2.05, 4.69) is 39.9 Å². The summed E-state index contributed by atoms with van der Waals surface area (Å²) in [6, 6.07) is 16.3. The molecule has 0 bridgehead atoms. The monoisotopic (exact) mass is 327 g/mol. The molecular formula is C21H17N3O. The number of imidazole rings is 1. The molecule has 2 aromatic carbocycles. The van der Waals surface area contributed by atoms with E-state index < -0.39 is 6.10 Å². The molecule has 0 saturated heterocycles. The van der Waals surface area contributed by atoms with Crippen LogP contribution in [-0.2, 0) is 6.42 Å². The van der Waals surface area contributed by atoms with Gasteiger partial charge in [-0.15, -0.1) is 0 Å². The number of hydrogen-bond donors (Lipinski definition) is 1. The largest absolute Gasteiger partial charge is 0.388 e. The second kappa shape index (κ2) is 5.30. The van der Waals surface area contributed by atoms with Crippen LogP contribution in [0, 0.1) is 17.2 Å². The van der Waals surface area contributed by atoms with Crippen LogP contribution in [-0.4, -0.2) is 14.7 Å². The van der Waals surface area contributed by atoms with Crippen LogP contribution in [0.15, 0.2) is 55.0 Å². The van der Waals surface area contributed by atoms with Gasteiger partial charge < -0.3 is 9.67 Å². The van der Waals surface area contributed by atoms with Gasteiger partial charge in [-0.05, 0) is 41.7 Å². The van der Waals surface area contributed by atoms with Crippen molar-refractivity contribution >= 4 is 0 Å². The second-order valence-corrected chi connectivity index (χ2v) is 6.89. The molecule has 5 rings (SSSR count). The van der Waals surface area contributed by atoms with Gasteiger partial charge in [-0.3, -0.25) is 0 Å². The lowest BCUT2D eigenvalue weighted by atomic mass is 9.75. The summed E-state index contributed by atoms with van der Waals surface area (Å²) in [5.74, 6) is 0.0945. The normalized spacial score (nSPS) is 23.4. The van der Waals surface area contributed by atoms with Crippen LogP contribution in [0.4, 0.5) is 0 Å². The van der Waals surface area contributed by atoms with Crippen molar-refractivity contribution in [2.24, 2.45) is 5.92 Å². The van der Waals surface area contributed by atoms with Gasteiger partial charge in [-0.1, -0.05) is 30.3 Å². The molecule has 0 fully saturated rings. The van der Waals surface area contributed by atoms with Gasteiger partial charge in [-0.2, -0.15) is 5.26 Å². The fraction of sp³-hybridized carbons (Fsp3) is 0.238. The molecule has 2 heterocycles. The maximum atomic E-state index is 11.1. The molecule has 1 aromatic heterocycles. The minimum absolute atomic E-state index is 0.0945. The highest BCUT2D eigenvalue weighted by molar-refractivity contribution is 5.69. The molecule has 0 amide bonds. The third-order valence-corrected chi connectivity index (χ3v) is 5.67. The minimum Gasteiger partial charge on any atom is -0.388 e. The van der Waals surface area contributed by atoms with E-state index in [9.17, 15) is 5.11 Å². The first-order valence-electron chi connectivity index (χ1n) is 8.60. The molecule has 1 N–H and O–H groups in total. The van der Waals surface area contributed by atoms with Gasteiger partial charge >= 0.3 is 0 Å². The Morgan fingerprint density at radius 3 is 2.92 bits per heavy atom. The van der Waals surface area contributed by atoms with Crippen molar-refractivity contribution in [1.29, 1.82) is 5.26 Å². The molecule has 0 radical (unpaired) electrons. The van der Waals surface area contributed by atoms with Crippen molar-refractivity contribution in [3.8, 4) is 17.3 Å². The number of aliphatic hydroxyl groups excluding tert-OH is 1. The average Bonchev–Trinajstić information content (AvgIpc) is 3.23. The number of aryl methyl sites for hydroxylation is 1. The van der Waals surface area contributed by atoms with E-state index in [0.717, 1.165) is 29.7 Å². The predicted octanol–water partition coefficient (Wildman–Crippen LogP) is 3.62. The van der Waals surface area contributed by atoms with Gasteiger partial charge in [0.15, 0.2) is 0 Å². The molecular weight excluding hydrogens is 310 g/mol. The Balaban J connectivity index is 1.60. The van der Waals surface area contributed by atoms with E-state index >= 15 is 0 Å². The van der Waals surface area contributed by atoms with E-state index in [4.69, 9.17) is 5.26 Å². The zero-order valence-corrected chi connectivity index (χ0v) is 13.6. The highest BCUT2D eigenvalue weighted by Crippen LogP contribution is 2.49. The van der Waals surface area contributed by atoms with Gasteiger partial charge in [0, 0.05) is 11.5 Å². The van der Waals surface area contributed by atoms with Crippen LogP contribution in [0.1, 0.15) is 40.8 Å². The lowest BCUT2D eigenvalue weighted by molar-refractivity contribution is 0.0720. The zero-order valence-electron chi connectivity index (χ0n) is 13.6. The topological polar surface area (TPSA) is 61.8 Å². The summed E-state index contributed by atoms with van der Waals surface area (Å²) in [6.45, 7) is 0. The standard InChI is InChI=1S/C21H17N3O/c22-10-13-5-7-15-14(9-13)6-8-18(21(15)25)20-17-4-2-1-3-16(17)19-11-23-12-24(19)20/h1-5,7,9,11-12,18,20-21,25H,6,8H2. The molecule has 4 nitrogen and oxygen atoms in total. The van der Waals surface area contributed by atoms with Crippen molar-refractivity contribution in [2.75, 3.05) is 0 Å². The van der Waals surface area contributed by atoms with Crippen LogP contribution in [0.3, 0.4) is 0 Å². The average molecular weight is 327 g/mol. The Bertz CT molecular complexity index is 1010. The Labute approximate surface area is 146 Å². The first kappa shape index (κ1) is 14.4.